The van der Waals surface area contributed by atoms with Gasteiger partial charge in [0.05, 0.1) is 5.69 Å². The number of anilines is 1. The number of nitrogens with one attached hydrogen (secondary N) is 1. The van der Waals surface area contributed by atoms with Gasteiger partial charge in [0.15, 0.2) is 23.3 Å². The number of aromatic nitrogens is 1. The van der Waals surface area contributed by atoms with Gasteiger partial charge in [0, 0.05) is 18.2 Å². The van der Waals surface area contributed by atoms with Gasteiger partial charge in [0.2, 0.25) is 0 Å². The van der Waals surface area contributed by atoms with Gasteiger partial charge in [-0.3, -0.25) is 4.79 Å². The average molecular weight is 333 g/mol. The molecule has 0 unspecified atom stereocenters. The second-order valence-electron chi connectivity index (χ2n) is 5.96. The first kappa shape index (κ1) is 15.6. The molecular formula is C17H17ClN2O3. The van der Waals surface area contributed by atoms with Crippen molar-refractivity contribution >= 4 is 23.2 Å². The minimum atomic E-state index is -0.310. The fourth-order valence-electron chi connectivity index (χ4n) is 2.51. The molecular weight excluding hydrogens is 316 g/mol. The molecule has 1 N–H and O–H groups in total. The van der Waals surface area contributed by atoms with Crippen LogP contribution in [0.15, 0.2) is 36.5 Å². The molecule has 5 nitrogen and oxygen atoms in total. The molecule has 1 aliphatic rings. The van der Waals surface area contributed by atoms with Crippen molar-refractivity contribution in [3.63, 3.8) is 0 Å². The molecule has 1 aliphatic heterocycles. The van der Waals surface area contributed by atoms with Gasteiger partial charge < -0.3 is 14.8 Å². The summed E-state index contributed by atoms with van der Waals surface area (Å²) in [6.07, 6.45) is 2.37. The number of ether oxygens (including phenoxy) is 2. The van der Waals surface area contributed by atoms with Gasteiger partial charge in [-0.2, -0.15) is 0 Å². The summed E-state index contributed by atoms with van der Waals surface area (Å²) in [6.45, 7) is 3.91. The highest BCUT2D eigenvalue weighted by molar-refractivity contribution is 6.32. The Kier molecular flexibility index (Phi) is 4.13. The van der Waals surface area contributed by atoms with Gasteiger partial charge >= 0.3 is 0 Å². The molecule has 2 heterocycles. The summed E-state index contributed by atoms with van der Waals surface area (Å²) in [7, 11) is 0. The van der Waals surface area contributed by atoms with E-state index in [1.54, 1.807) is 24.4 Å². The SMILES string of the molecule is CC1(C)Cc2cccc(OCC(=O)Nc3cccnc3Cl)c2O1. The minimum absolute atomic E-state index is 0.133. The van der Waals surface area contributed by atoms with E-state index in [1.807, 2.05) is 26.0 Å². The van der Waals surface area contributed by atoms with E-state index in [9.17, 15) is 4.79 Å². The highest BCUT2D eigenvalue weighted by atomic mass is 35.5. The molecule has 1 amide bonds. The van der Waals surface area contributed by atoms with E-state index in [1.165, 1.54) is 0 Å². The molecule has 0 aliphatic carbocycles. The Balaban J connectivity index is 1.65. The van der Waals surface area contributed by atoms with Crippen LogP contribution < -0.4 is 14.8 Å². The molecule has 0 radical (unpaired) electrons. The van der Waals surface area contributed by atoms with Crippen molar-refractivity contribution in [2.45, 2.75) is 25.9 Å². The van der Waals surface area contributed by atoms with Crippen LogP contribution in [0, 0.1) is 0 Å². The lowest BCUT2D eigenvalue weighted by atomic mass is 10.0. The van der Waals surface area contributed by atoms with Crippen molar-refractivity contribution in [1.29, 1.82) is 0 Å². The zero-order valence-corrected chi connectivity index (χ0v) is 13.7. The number of pyridine rings is 1. The normalized spacial score (nSPS) is 14.7. The first-order chi connectivity index (χ1) is 10.9. The summed E-state index contributed by atoms with van der Waals surface area (Å²) in [4.78, 5) is 15.9. The highest BCUT2D eigenvalue weighted by Crippen LogP contribution is 2.41. The van der Waals surface area contributed by atoms with Crippen LogP contribution in [0.1, 0.15) is 19.4 Å². The molecule has 0 saturated heterocycles. The number of benzene rings is 1. The summed E-state index contributed by atoms with van der Waals surface area (Å²) in [5, 5.41) is 2.91. The highest BCUT2D eigenvalue weighted by Gasteiger charge is 2.32. The molecule has 0 bridgehead atoms. The summed E-state index contributed by atoms with van der Waals surface area (Å²) < 4.78 is 11.5. The number of fused-ring (bicyclic) bond motifs is 1. The molecule has 0 spiro atoms. The lowest BCUT2D eigenvalue weighted by molar-refractivity contribution is -0.118. The molecule has 3 rings (SSSR count). The fourth-order valence-corrected chi connectivity index (χ4v) is 2.68. The minimum Gasteiger partial charge on any atom is -0.483 e. The van der Waals surface area contributed by atoms with E-state index in [0.717, 1.165) is 12.0 Å². The number of para-hydroxylation sites is 1. The Labute approximate surface area is 139 Å². The van der Waals surface area contributed by atoms with Crippen LogP contribution in [0.25, 0.3) is 0 Å². The summed E-state index contributed by atoms with van der Waals surface area (Å²) in [6, 6.07) is 9.08. The largest absolute Gasteiger partial charge is 0.483 e. The van der Waals surface area contributed by atoms with Crippen LogP contribution in [-0.2, 0) is 11.2 Å². The van der Waals surface area contributed by atoms with E-state index >= 15 is 0 Å². The van der Waals surface area contributed by atoms with E-state index in [-0.39, 0.29) is 23.3 Å². The van der Waals surface area contributed by atoms with Crippen molar-refractivity contribution in [2.75, 3.05) is 11.9 Å². The van der Waals surface area contributed by atoms with Crippen molar-refractivity contribution in [3.05, 3.63) is 47.2 Å². The monoisotopic (exact) mass is 332 g/mol. The van der Waals surface area contributed by atoms with Crippen molar-refractivity contribution in [2.24, 2.45) is 0 Å². The van der Waals surface area contributed by atoms with Crippen molar-refractivity contribution in [3.8, 4) is 11.5 Å². The Bertz CT molecular complexity index is 746. The van der Waals surface area contributed by atoms with Crippen LogP contribution in [0.5, 0.6) is 11.5 Å². The second kappa shape index (κ2) is 6.08. The second-order valence-corrected chi connectivity index (χ2v) is 6.32. The van der Waals surface area contributed by atoms with Gasteiger partial charge in [0.1, 0.15) is 5.60 Å². The summed E-state index contributed by atoms with van der Waals surface area (Å²) in [5.74, 6) is 0.972. The number of amides is 1. The van der Waals surface area contributed by atoms with Gasteiger partial charge in [-0.25, -0.2) is 4.98 Å². The van der Waals surface area contributed by atoms with E-state index in [2.05, 4.69) is 10.3 Å². The predicted octanol–water partition coefficient (Wildman–Crippen LogP) is 3.47. The number of hydrogen-bond donors (Lipinski definition) is 1. The van der Waals surface area contributed by atoms with Crippen LogP contribution in [0.2, 0.25) is 5.15 Å². The number of carbonyl (C=O) groups is 1. The van der Waals surface area contributed by atoms with Gasteiger partial charge in [-0.1, -0.05) is 23.7 Å². The smallest absolute Gasteiger partial charge is 0.262 e. The molecule has 0 atom stereocenters. The Hall–Kier alpha value is -2.27. The topological polar surface area (TPSA) is 60.5 Å². The lowest BCUT2D eigenvalue weighted by Crippen LogP contribution is -2.25. The standard InChI is InChI=1S/C17H17ClN2O3/c1-17(2)9-11-5-3-7-13(15(11)23-17)22-10-14(21)20-12-6-4-8-19-16(12)18/h3-8H,9-10H2,1-2H3,(H,20,21). The number of carbonyl (C=O) groups excluding carboxylic acids is 1. The lowest BCUT2D eigenvalue weighted by Gasteiger charge is -2.18. The maximum absolute atomic E-state index is 12.0. The van der Waals surface area contributed by atoms with Gasteiger partial charge in [-0.05, 0) is 32.0 Å². The third-order valence-corrected chi connectivity index (χ3v) is 3.75. The van der Waals surface area contributed by atoms with E-state index in [4.69, 9.17) is 21.1 Å². The maximum Gasteiger partial charge on any atom is 0.262 e. The third kappa shape index (κ3) is 3.56. The molecule has 23 heavy (non-hydrogen) atoms. The number of rotatable bonds is 4. The molecule has 2 aromatic rings. The van der Waals surface area contributed by atoms with Crippen molar-refractivity contribution < 1.29 is 14.3 Å². The van der Waals surface area contributed by atoms with Crippen LogP contribution >= 0.6 is 11.6 Å². The number of halogens is 1. The zero-order valence-electron chi connectivity index (χ0n) is 12.9. The number of hydrogen-bond acceptors (Lipinski definition) is 4. The molecule has 6 heteroatoms. The first-order valence-electron chi connectivity index (χ1n) is 7.29. The third-order valence-electron chi connectivity index (χ3n) is 3.45. The maximum atomic E-state index is 12.0. The summed E-state index contributed by atoms with van der Waals surface area (Å²) in [5.41, 5.74) is 1.29. The van der Waals surface area contributed by atoms with Crippen molar-refractivity contribution in [1.82, 2.24) is 4.98 Å². The van der Waals surface area contributed by atoms with Gasteiger partial charge in [0.25, 0.3) is 5.91 Å². The predicted molar refractivity (Wildman–Crippen MR) is 88.2 cm³/mol. The molecule has 1 aromatic carbocycles. The quantitative estimate of drug-likeness (QED) is 0.871. The van der Waals surface area contributed by atoms with E-state index < -0.39 is 0 Å². The van der Waals surface area contributed by atoms with Crippen LogP contribution in [0.4, 0.5) is 5.69 Å². The average Bonchev–Trinajstić information content (AvgIpc) is 2.82. The zero-order chi connectivity index (χ0) is 16.4. The Morgan fingerprint density at radius 2 is 2.22 bits per heavy atom. The molecule has 0 saturated carbocycles. The first-order valence-corrected chi connectivity index (χ1v) is 7.66. The Morgan fingerprint density at radius 3 is 3.00 bits per heavy atom. The molecule has 120 valence electrons. The van der Waals surface area contributed by atoms with Crippen LogP contribution in [-0.4, -0.2) is 23.1 Å². The fraction of sp³-hybridized carbons (Fsp3) is 0.294. The van der Waals surface area contributed by atoms with Gasteiger partial charge in [-0.15, -0.1) is 0 Å². The Morgan fingerprint density at radius 1 is 1.39 bits per heavy atom. The number of nitrogens with zero attached hydrogens (tertiary/aromatic N) is 1. The molecule has 0 fully saturated rings. The van der Waals surface area contributed by atoms with E-state index in [0.29, 0.717) is 17.2 Å². The van der Waals surface area contributed by atoms with Crippen LogP contribution in [0.3, 0.4) is 0 Å². The molecule has 1 aromatic heterocycles. The summed E-state index contributed by atoms with van der Waals surface area (Å²) >= 11 is 5.91.